The lowest BCUT2D eigenvalue weighted by molar-refractivity contribution is 0.0950. The van der Waals surface area contributed by atoms with Gasteiger partial charge in [0, 0.05) is 59.4 Å². The Bertz CT molecular complexity index is 1420. The van der Waals surface area contributed by atoms with Crippen molar-refractivity contribution in [1.82, 2.24) is 20.2 Å². The Kier molecular flexibility index (Phi) is 9.20. The fourth-order valence-electron chi connectivity index (χ4n) is 5.92. The van der Waals surface area contributed by atoms with Crippen LogP contribution >= 0.6 is 0 Å². The zero-order chi connectivity index (χ0) is 29.0. The first-order chi connectivity index (χ1) is 19.1. The average molecular weight is 544 g/mol. The summed E-state index contributed by atoms with van der Waals surface area (Å²) in [6.45, 7) is 8.85. The van der Waals surface area contributed by atoms with E-state index in [1.165, 1.54) is 0 Å². The smallest absolute Gasteiger partial charge is 0.253 e. The van der Waals surface area contributed by atoms with Gasteiger partial charge in [-0.1, -0.05) is 6.07 Å². The van der Waals surface area contributed by atoms with Gasteiger partial charge in [-0.05, 0) is 108 Å². The number of benzene rings is 1. The lowest BCUT2D eigenvalue weighted by Crippen LogP contribution is -2.42. The fourth-order valence-corrected chi connectivity index (χ4v) is 5.92. The van der Waals surface area contributed by atoms with Crippen LogP contribution in [0.4, 0.5) is 5.69 Å². The highest BCUT2D eigenvalue weighted by Crippen LogP contribution is 2.35. The number of aromatic nitrogens is 2. The molecule has 0 atom stereocenters. The summed E-state index contributed by atoms with van der Waals surface area (Å²) >= 11 is 0. The number of carbonyl (C=O) groups excluding carboxylic acids is 2. The second-order valence-electron chi connectivity index (χ2n) is 11.1. The Morgan fingerprint density at radius 1 is 1.05 bits per heavy atom. The number of nitrogens with one attached hydrogen (secondary N) is 2. The topological polar surface area (TPSA) is 98.4 Å². The molecule has 2 N–H and O–H groups in total. The molecule has 0 bridgehead atoms. The number of carbonyl (C=O) groups is 2. The molecule has 0 aliphatic heterocycles. The van der Waals surface area contributed by atoms with Gasteiger partial charge in [0.1, 0.15) is 5.69 Å². The average Bonchev–Trinajstić information content (AvgIpc) is 2.94. The van der Waals surface area contributed by atoms with Gasteiger partial charge in [0.05, 0.1) is 0 Å². The third-order valence-corrected chi connectivity index (χ3v) is 8.27. The molecule has 1 aliphatic carbocycles. The van der Waals surface area contributed by atoms with Crippen molar-refractivity contribution in [2.24, 2.45) is 0 Å². The van der Waals surface area contributed by atoms with Gasteiger partial charge in [0.2, 0.25) is 0 Å². The van der Waals surface area contributed by atoms with Gasteiger partial charge in [-0.3, -0.25) is 19.4 Å². The van der Waals surface area contributed by atoms with Gasteiger partial charge in [0.15, 0.2) is 6.29 Å². The number of aryl methyl sites for hydroxylation is 2. The number of H-pyrrole nitrogens is 1. The zero-order valence-electron chi connectivity index (χ0n) is 24.5. The van der Waals surface area contributed by atoms with Crippen molar-refractivity contribution in [3.63, 3.8) is 0 Å². The van der Waals surface area contributed by atoms with Crippen molar-refractivity contribution in [3.8, 4) is 11.1 Å². The Morgan fingerprint density at radius 3 is 2.33 bits per heavy atom. The molecule has 4 rings (SSSR count). The van der Waals surface area contributed by atoms with Gasteiger partial charge in [-0.2, -0.15) is 0 Å². The molecule has 2 heterocycles. The number of hydrogen-bond donors (Lipinski definition) is 2. The van der Waals surface area contributed by atoms with Gasteiger partial charge in [-0.15, -0.1) is 0 Å². The monoisotopic (exact) mass is 543 g/mol. The summed E-state index contributed by atoms with van der Waals surface area (Å²) in [5, 5.41) is 2.99. The maximum Gasteiger partial charge on any atom is 0.253 e. The van der Waals surface area contributed by atoms with E-state index in [0.717, 1.165) is 72.1 Å². The molecular weight excluding hydrogens is 502 g/mol. The molecule has 1 saturated carbocycles. The van der Waals surface area contributed by atoms with Crippen LogP contribution in [-0.2, 0) is 6.54 Å². The van der Waals surface area contributed by atoms with Crippen LogP contribution in [0, 0.1) is 20.8 Å². The standard InChI is InChI=1S/C32H41N5O3/c1-7-37(27-12-10-26(11-13-27)36(5)6)30-16-24(23-8-9-25(19-38)33-17-23)15-28(22(30)4)31(39)34-18-29-20(2)14-21(3)35-32(29)40/h8-9,14-17,19,26-27H,7,10-13,18H2,1-6H3,(H,34,39)(H,35,40). The maximum absolute atomic E-state index is 13.7. The van der Waals surface area contributed by atoms with Gasteiger partial charge < -0.3 is 20.1 Å². The van der Waals surface area contributed by atoms with Crippen molar-refractivity contribution < 1.29 is 9.59 Å². The minimum Gasteiger partial charge on any atom is -0.369 e. The van der Waals surface area contributed by atoms with E-state index in [1.807, 2.05) is 39.0 Å². The van der Waals surface area contributed by atoms with Crippen molar-refractivity contribution in [2.45, 2.75) is 72.0 Å². The highest BCUT2D eigenvalue weighted by atomic mass is 16.2. The molecule has 1 aliphatic rings. The summed E-state index contributed by atoms with van der Waals surface area (Å²) in [6, 6.07) is 10.5. The van der Waals surface area contributed by atoms with Crippen LogP contribution in [0.3, 0.4) is 0 Å². The molecule has 40 heavy (non-hydrogen) atoms. The zero-order valence-corrected chi connectivity index (χ0v) is 24.5. The van der Waals surface area contributed by atoms with E-state index in [2.05, 4.69) is 52.2 Å². The van der Waals surface area contributed by atoms with Crippen molar-refractivity contribution in [2.75, 3.05) is 25.5 Å². The number of nitrogens with zero attached hydrogens (tertiary/aromatic N) is 3. The van der Waals surface area contributed by atoms with Gasteiger partial charge in [0.25, 0.3) is 11.5 Å². The van der Waals surface area contributed by atoms with E-state index < -0.39 is 0 Å². The lowest BCUT2D eigenvalue weighted by Gasteiger charge is -2.40. The number of amides is 1. The second kappa shape index (κ2) is 12.6. The number of anilines is 1. The molecule has 0 saturated heterocycles. The third-order valence-electron chi connectivity index (χ3n) is 8.27. The number of aldehydes is 1. The van der Waals surface area contributed by atoms with Crippen LogP contribution in [0.2, 0.25) is 0 Å². The Balaban J connectivity index is 1.71. The van der Waals surface area contributed by atoms with E-state index in [0.29, 0.717) is 28.9 Å². The first-order valence-corrected chi connectivity index (χ1v) is 14.1. The summed E-state index contributed by atoms with van der Waals surface area (Å²) < 4.78 is 0. The normalized spacial score (nSPS) is 17.1. The van der Waals surface area contributed by atoms with Gasteiger partial charge in [-0.25, -0.2) is 0 Å². The van der Waals surface area contributed by atoms with E-state index in [9.17, 15) is 14.4 Å². The van der Waals surface area contributed by atoms with Crippen LogP contribution < -0.4 is 15.8 Å². The summed E-state index contributed by atoms with van der Waals surface area (Å²) in [4.78, 5) is 49.2. The summed E-state index contributed by atoms with van der Waals surface area (Å²) in [5.41, 5.74) is 6.56. The van der Waals surface area contributed by atoms with E-state index >= 15 is 0 Å². The van der Waals surface area contributed by atoms with Crippen molar-refractivity contribution in [3.05, 3.63) is 80.5 Å². The minimum atomic E-state index is -0.232. The van der Waals surface area contributed by atoms with E-state index in [4.69, 9.17) is 0 Å². The number of hydrogen-bond acceptors (Lipinski definition) is 6. The number of aromatic amines is 1. The Labute approximate surface area is 236 Å². The molecular formula is C32H41N5O3. The summed E-state index contributed by atoms with van der Waals surface area (Å²) in [5.74, 6) is -0.232. The second-order valence-corrected chi connectivity index (χ2v) is 11.1. The highest BCUT2D eigenvalue weighted by Gasteiger charge is 2.28. The molecule has 1 aromatic carbocycles. The van der Waals surface area contributed by atoms with Crippen LogP contribution in [0.5, 0.6) is 0 Å². The molecule has 212 valence electrons. The predicted molar refractivity (Wildman–Crippen MR) is 160 cm³/mol. The molecule has 0 spiro atoms. The maximum atomic E-state index is 13.7. The van der Waals surface area contributed by atoms with Crippen LogP contribution in [0.1, 0.15) is 75.8 Å². The van der Waals surface area contributed by atoms with Crippen molar-refractivity contribution in [1.29, 1.82) is 0 Å². The highest BCUT2D eigenvalue weighted by molar-refractivity contribution is 5.99. The largest absolute Gasteiger partial charge is 0.369 e. The van der Waals surface area contributed by atoms with E-state index in [-0.39, 0.29) is 18.0 Å². The van der Waals surface area contributed by atoms with E-state index in [1.54, 1.807) is 12.3 Å². The third kappa shape index (κ3) is 6.33. The Morgan fingerprint density at radius 2 is 1.75 bits per heavy atom. The molecule has 2 aromatic heterocycles. The van der Waals surface area contributed by atoms with Crippen LogP contribution in [-0.4, -0.2) is 59.8 Å². The van der Waals surface area contributed by atoms with Crippen molar-refractivity contribution >= 4 is 17.9 Å². The predicted octanol–water partition coefficient (Wildman–Crippen LogP) is 4.80. The minimum absolute atomic E-state index is 0.140. The Hall–Kier alpha value is -3.78. The molecule has 0 radical (unpaired) electrons. The molecule has 3 aromatic rings. The lowest BCUT2D eigenvalue weighted by atomic mass is 9.88. The SMILES string of the molecule is CCN(c1cc(-c2ccc(C=O)nc2)cc(C(=O)NCc2c(C)cc(C)[nH]c2=O)c1C)C1CCC(N(C)C)CC1. The molecule has 1 amide bonds. The fraction of sp³-hybridized carbons (Fsp3) is 0.438. The molecule has 0 unspecified atom stereocenters. The number of rotatable bonds is 9. The molecule has 1 fully saturated rings. The molecule has 8 heteroatoms. The molecule has 8 nitrogen and oxygen atoms in total. The van der Waals surface area contributed by atoms with Crippen LogP contribution in [0.15, 0.2) is 41.3 Å². The number of pyridine rings is 2. The summed E-state index contributed by atoms with van der Waals surface area (Å²) in [7, 11) is 4.30. The first kappa shape index (κ1) is 29.2. The quantitative estimate of drug-likeness (QED) is 0.376. The first-order valence-electron chi connectivity index (χ1n) is 14.1. The van der Waals surface area contributed by atoms with Gasteiger partial charge >= 0.3 is 0 Å². The summed E-state index contributed by atoms with van der Waals surface area (Å²) in [6.07, 6.45) is 6.86. The van der Waals surface area contributed by atoms with Crippen LogP contribution in [0.25, 0.3) is 11.1 Å².